The average Bonchev–Trinajstić information content (AvgIpc) is 3.94. The van der Waals surface area contributed by atoms with Gasteiger partial charge in [0, 0.05) is 32.9 Å². The second kappa shape index (κ2) is 16.6. The summed E-state index contributed by atoms with van der Waals surface area (Å²) < 4.78 is 4.90. The molecule has 2 nitrogen and oxygen atoms in total. The zero-order valence-electron chi connectivity index (χ0n) is 40.9. The first-order chi connectivity index (χ1) is 34.7. The van der Waals surface area contributed by atoms with E-state index in [9.17, 15) is 0 Å². The summed E-state index contributed by atoms with van der Waals surface area (Å²) in [4.78, 5) is 0. The topological polar surface area (TPSA) is 9.86 Å². The van der Waals surface area contributed by atoms with Crippen molar-refractivity contribution < 1.29 is 0 Å². The van der Waals surface area contributed by atoms with Crippen LogP contribution in [0, 0.1) is 0 Å². The summed E-state index contributed by atoms with van der Waals surface area (Å²) in [6.45, 7) is 9.77. The van der Waals surface area contributed by atoms with Gasteiger partial charge in [0.05, 0.1) is 22.1 Å². The summed E-state index contributed by atoms with van der Waals surface area (Å²) in [5.74, 6) is 0. The van der Waals surface area contributed by atoms with Crippen LogP contribution in [0.1, 0.15) is 51.7 Å². The lowest BCUT2D eigenvalue weighted by Crippen LogP contribution is -2.74. The molecule has 0 amide bonds. The molecule has 0 N–H and O–H groups in total. The van der Waals surface area contributed by atoms with Crippen LogP contribution in [0.3, 0.4) is 0 Å². The molecule has 12 aromatic rings. The third-order valence-corrected chi connectivity index (χ3v) is 20.9. The van der Waals surface area contributed by atoms with Gasteiger partial charge in [-0.05, 0) is 126 Å². The Morgan fingerprint density at radius 2 is 0.831 bits per heavy atom. The Bertz CT molecular complexity index is 3930. The van der Waals surface area contributed by atoms with Crippen molar-refractivity contribution in [1.82, 2.24) is 9.13 Å². The highest BCUT2D eigenvalue weighted by atomic mass is 28.3. The van der Waals surface area contributed by atoms with Crippen molar-refractivity contribution in [2.24, 2.45) is 0 Å². The summed E-state index contributed by atoms with van der Waals surface area (Å²) in [5, 5.41) is 10.6. The minimum absolute atomic E-state index is 0.0933. The normalized spacial score (nSPS) is 14.3. The predicted molar refractivity (Wildman–Crippen MR) is 305 cm³/mol. The molecule has 71 heavy (non-hydrogen) atoms. The van der Waals surface area contributed by atoms with E-state index in [1.807, 2.05) is 0 Å². The van der Waals surface area contributed by atoms with E-state index in [2.05, 4.69) is 279 Å². The van der Waals surface area contributed by atoms with Crippen molar-refractivity contribution in [3.05, 3.63) is 254 Å². The van der Waals surface area contributed by atoms with Gasteiger partial charge >= 0.3 is 0 Å². The van der Waals surface area contributed by atoms with Crippen LogP contribution < -0.4 is 20.7 Å². The highest BCUT2D eigenvalue weighted by molar-refractivity contribution is 7.19. The lowest BCUT2D eigenvalue weighted by Gasteiger charge is -2.43. The monoisotopic (exact) mass is 928 g/mol. The highest BCUT2D eigenvalue weighted by Gasteiger charge is 2.44. The van der Waals surface area contributed by atoms with Gasteiger partial charge in [0.15, 0.2) is 8.07 Å². The molecule has 3 heteroatoms. The first-order valence-corrected chi connectivity index (χ1v) is 27.3. The van der Waals surface area contributed by atoms with Crippen molar-refractivity contribution in [3.8, 4) is 33.6 Å². The van der Waals surface area contributed by atoms with E-state index in [1.54, 1.807) is 0 Å². The molecule has 0 atom stereocenters. The number of fused-ring (bicyclic) bond motifs is 7. The maximum atomic E-state index is 2.63. The molecule has 13 rings (SSSR count). The van der Waals surface area contributed by atoms with Crippen molar-refractivity contribution in [3.63, 3.8) is 0 Å². The van der Waals surface area contributed by atoms with E-state index in [0.29, 0.717) is 0 Å². The van der Waals surface area contributed by atoms with Crippen molar-refractivity contribution in [1.29, 1.82) is 0 Å². The van der Waals surface area contributed by atoms with E-state index in [-0.39, 0.29) is 10.8 Å². The zero-order chi connectivity index (χ0) is 47.9. The molecule has 2 heterocycles. The molecule has 1 aliphatic rings. The number of nitrogens with zero attached hydrogens (tertiary/aromatic N) is 2. The maximum absolute atomic E-state index is 2.82. The summed E-state index contributed by atoms with van der Waals surface area (Å²) in [6, 6.07) is 91.5. The van der Waals surface area contributed by atoms with Gasteiger partial charge in [0.1, 0.15) is 0 Å². The Hall–Kier alpha value is -7.98. The highest BCUT2D eigenvalue weighted by Crippen LogP contribution is 2.46. The molecular weight excluding hydrogens is 873 g/mol. The number of para-hydroxylation sites is 2. The van der Waals surface area contributed by atoms with Gasteiger partial charge in [-0.2, -0.15) is 0 Å². The molecule has 0 spiro atoms. The van der Waals surface area contributed by atoms with Crippen LogP contribution in [0.25, 0.3) is 77.2 Å². The molecule has 0 saturated carbocycles. The number of rotatable bonds is 8. The summed E-state index contributed by atoms with van der Waals surface area (Å²) in [6.07, 6.45) is 2.38. The van der Waals surface area contributed by atoms with Crippen LogP contribution in [0.4, 0.5) is 0 Å². The molecule has 1 aliphatic carbocycles. The molecule has 10 aromatic carbocycles. The third kappa shape index (κ3) is 6.82. The van der Waals surface area contributed by atoms with E-state index in [0.717, 1.165) is 11.4 Å². The summed E-state index contributed by atoms with van der Waals surface area (Å²) in [7, 11) is -2.82. The minimum Gasteiger partial charge on any atom is -0.309 e. The van der Waals surface area contributed by atoms with E-state index >= 15 is 0 Å². The maximum Gasteiger partial charge on any atom is 0.179 e. The van der Waals surface area contributed by atoms with Crippen LogP contribution in [-0.4, -0.2) is 17.2 Å². The lowest BCUT2D eigenvalue weighted by atomic mass is 9.63. The second-order valence-electron chi connectivity index (χ2n) is 21.1. The molecule has 0 radical (unpaired) electrons. The number of aromatic nitrogens is 2. The summed E-state index contributed by atoms with van der Waals surface area (Å²) in [5.41, 5.74) is 15.2. The molecule has 0 bridgehead atoms. The van der Waals surface area contributed by atoms with Crippen LogP contribution in [0.5, 0.6) is 0 Å². The minimum atomic E-state index is -2.82. The van der Waals surface area contributed by atoms with Gasteiger partial charge in [0.2, 0.25) is 0 Å². The van der Waals surface area contributed by atoms with Gasteiger partial charge in [-0.25, -0.2) is 0 Å². The first kappa shape index (κ1) is 43.1. The fraction of sp³-hybridized carbons (Fsp3) is 0.118. The summed E-state index contributed by atoms with van der Waals surface area (Å²) >= 11 is 0. The van der Waals surface area contributed by atoms with Gasteiger partial charge in [-0.15, -0.1) is 0 Å². The van der Waals surface area contributed by atoms with Gasteiger partial charge in [-0.1, -0.05) is 222 Å². The molecule has 0 aliphatic heterocycles. The number of benzene rings is 10. The molecule has 0 fully saturated rings. The van der Waals surface area contributed by atoms with Crippen LogP contribution in [-0.2, 0) is 10.8 Å². The van der Waals surface area contributed by atoms with E-state index < -0.39 is 8.07 Å². The lowest BCUT2D eigenvalue weighted by molar-refractivity contribution is 0.332. The molecule has 2 aromatic heterocycles. The Kier molecular flexibility index (Phi) is 10.1. The van der Waals surface area contributed by atoms with Gasteiger partial charge in [-0.3, -0.25) is 0 Å². The second-order valence-corrected chi connectivity index (χ2v) is 24.9. The Balaban J connectivity index is 0.971. The van der Waals surface area contributed by atoms with Crippen molar-refractivity contribution >= 4 is 72.4 Å². The van der Waals surface area contributed by atoms with E-state index in [4.69, 9.17) is 0 Å². The fourth-order valence-electron chi connectivity index (χ4n) is 12.5. The SMILES string of the molecule is CC1(C)CCC(C)(C)c2cc([Si](c3ccccc3)(c3ccccc3)c3ccc(-c4cccc5c4c4ccccc4n5-c4ccc5c(c4)c4ccccc4n5-c4cccc(-c5ccccc5)c4)cc3)ccc21. The average molecular weight is 929 g/mol. The third-order valence-electron chi connectivity index (χ3n) is 16.2. The molecule has 0 unspecified atom stereocenters. The molecule has 0 saturated heterocycles. The number of hydrogen-bond acceptors (Lipinski definition) is 0. The first-order valence-electron chi connectivity index (χ1n) is 25.3. The molecular formula is C68H56N2Si. The largest absolute Gasteiger partial charge is 0.309 e. The van der Waals surface area contributed by atoms with Crippen LogP contribution in [0.15, 0.2) is 243 Å². The molecule has 342 valence electrons. The van der Waals surface area contributed by atoms with Crippen molar-refractivity contribution in [2.75, 3.05) is 0 Å². The smallest absolute Gasteiger partial charge is 0.179 e. The van der Waals surface area contributed by atoms with Gasteiger partial charge in [0.25, 0.3) is 0 Å². The Labute approximate surface area is 418 Å². The zero-order valence-corrected chi connectivity index (χ0v) is 41.9. The number of hydrogen-bond donors (Lipinski definition) is 0. The van der Waals surface area contributed by atoms with Crippen LogP contribution >= 0.6 is 0 Å². The Morgan fingerprint density at radius 3 is 1.54 bits per heavy atom. The standard InChI is InChI=1S/C68H56N2Si/c1-67(2)42-43-68(3,4)61-46-55(39-40-60(61)67)71(52-24-10-6-11-25-52,53-26-12-7-13-27-53)54-37-34-48(35-38-54)56-30-19-33-65-66(56)58-29-15-17-32-63(58)70(65)51-36-41-64-59(45-51)57-28-14-16-31-62(57)69(64)50-23-18-22-49(44-50)47-20-8-5-9-21-47/h5-41,44-46H,42-43H2,1-4H3. The van der Waals surface area contributed by atoms with Gasteiger partial charge < -0.3 is 9.13 Å². The fourth-order valence-corrected chi connectivity index (χ4v) is 17.2. The van der Waals surface area contributed by atoms with Crippen molar-refractivity contribution in [2.45, 2.75) is 51.4 Å². The van der Waals surface area contributed by atoms with Crippen LogP contribution in [0.2, 0.25) is 0 Å². The predicted octanol–water partition coefficient (Wildman–Crippen LogP) is 14.9. The quantitative estimate of drug-likeness (QED) is 0.106. The Morgan fingerprint density at radius 1 is 0.324 bits per heavy atom. The van der Waals surface area contributed by atoms with E-state index in [1.165, 1.54) is 111 Å².